The standard InChI is InChI=1S/C13H24N4/c1-4-7-17-12(15-10-16-17)8-13(2,3)9-14-11-5-6-11/h10-11,14H,4-9H2,1-3H3. The van der Waals surface area contributed by atoms with Gasteiger partial charge in [-0.3, -0.25) is 4.68 Å². The van der Waals surface area contributed by atoms with Gasteiger partial charge in [-0.2, -0.15) is 5.10 Å². The molecule has 1 fully saturated rings. The molecule has 96 valence electrons. The van der Waals surface area contributed by atoms with Crippen LogP contribution in [0.5, 0.6) is 0 Å². The molecule has 0 aromatic carbocycles. The van der Waals surface area contributed by atoms with Crippen molar-refractivity contribution in [3.63, 3.8) is 0 Å². The fraction of sp³-hybridized carbons (Fsp3) is 0.846. The molecule has 0 unspecified atom stereocenters. The Morgan fingerprint density at radius 1 is 1.47 bits per heavy atom. The maximum atomic E-state index is 4.39. The minimum Gasteiger partial charge on any atom is -0.313 e. The van der Waals surface area contributed by atoms with Gasteiger partial charge >= 0.3 is 0 Å². The van der Waals surface area contributed by atoms with Gasteiger partial charge in [-0.25, -0.2) is 4.98 Å². The number of nitrogens with one attached hydrogen (secondary N) is 1. The van der Waals surface area contributed by atoms with Gasteiger partial charge in [0.1, 0.15) is 12.2 Å². The number of hydrogen-bond donors (Lipinski definition) is 1. The summed E-state index contributed by atoms with van der Waals surface area (Å²) in [7, 11) is 0. The van der Waals surface area contributed by atoms with Crippen molar-refractivity contribution >= 4 is 0 Å². The van der Waals surface area contributed by atoms with Crippen molar-refractivity contribution in [1.29, 1.82) is 0 Å². The molecule has 0 amide bonds. The molecule has 0 aliphatic heterocycles. The summed E-state index contributed by atoms with van der Waals surface area (Å²) in [4.78, 5) is 4.39. The summed E-state index contributed by atoms with van der Waals surface area (Å²) >= 11 is 0. The highest BCUT2D eigenvalue weighted by Gasteiger charge is 2.26. The minimum absolute atomic E-state index is 0.251. The van der Waals surface area contributed by atoms with Gasteiger partial charge in [0, 0.05) is 25.6 Å². The van der Waals surface area contributed by atoms with Crippen molar-refractivity contribution in [1.82, 2.24) is 20.1 Å². The molecule has 0 atom stereocenters. The molecule has 0 radical (unpaired) electrons. The molecule has 17 heavy (non-hydrogen) atoms. The molecule has 0 spiro atoms. The lowest BCUT2D eigenvalue weighted by atomic mass is 9.89. The first-order valence-corrected chi connectivity index (χ1v) is 6.71. The third kappa shape index (κ3) is 3.80. The Hall–Kier alpha value is -0.900. The summed E-state index contributed by atoms with van der Waals surface area (Å²) in [5, 5.41) is 7.89. The van der Waals surface area contributed by atoms with Gasteiger partial charge in [0.25, 0.3) is 0 Å². The minimum atomic E-state index is 0.251. The third-order valence-corrected chi connectivity index (χ3v) is 3.21. The quantitative estimate of drug-likeness (QED) is 0.787. The van der Waals surface area contributed by atoms with Gasteiger partial charge in [0.15, 0.2) is 0 Å². The zero-order valence-corrected chi connectivity index (χ0v) is 11.2. The molecular weight excluding hydrogens is 212 g/mol. The average molecular weight is 236 g/mol. The molecule has 1 N–H and O–H groups in total. The molecule has 1 heterocycles. The van der Waals surface area contributed by atoms with Crippen LogP contribution in [0.1, 0.15) is 45.9 Å². The molecule has 1 aromatic rings. The lowest BCUT2D eigenvalue weighted by molar-refractivity contribution is 0.322. The fourth-order valence-electron chi connectivity index (χ4n) is 2.02. The van der Waals surface area contributed by atoms with Crippen LogP contribution in [0.4, 0.5) is 0 Å². The molecule has 1 aliphatic rings. The summed E-state index contributed by atoms with van der Waals surface area (Å²) < 4.78 is 2.04. The van der Waals surface area contributed by atoms with E-state index < -0.39 is 0 Å². The van der Waals surface area contributed by atoms with E-state index in [1.165, 1.54) is 12.8 Å². The van der Waals surface area contributed by atoms with Crippen LogP contribution in [0, 0.1) is 5.41 Å². The van der Waals surface area contributed by atoms with Gasteiger partial charge in [-0.15, -0.1) is 0 Å². The molecule has 0 saturated heterocycles. The summed E-state index contributed by atoms with van der Waals surface area (Å²) in [6, 6.07) is 0.780. The van der Waals surface area contributed by atoms with E-state index in [-0.39, 0.29) is 5.41 Å². The van der Waals surface area contributed by atoms with E-state index in [1.54, 1.807) is 6.33 Å². The Labute approximate surface area is 104 Å². The Kier molecular flexibility index (Phi) is 3.82. The molecule has 0 bridgehead atoms. The average Bonchev–Trinajstić information content (AvgIpc) is 3.01. The van der Waals surface area contributed by atoms with Crippen molar-refractivity contribution in [2.24, 2.45) is 5.41 Å². The van der Waals surface area contributed by atoms with E-state index in [4.69, 9.17) is 0 Å². The summed E-state index contributed by atoms with van der Waals surface area (Å²) in [6.45, 7) is 8.81. The van der Waals surface area contributed by atoms with Crippen LogP contribution in [-0.4, -0.2) is 27.4 Å². The first kappa shape index (κ1) is 12.6. The van der Waals surface area contributed by atoms with Crippen LogP contribution in [0.3, 0.4) is 0 Å². The largest absolute Gasteiger partial charge is 0.313 e. The molecule has 4 nitrogen and oxygen atoms in total. The van der Waals surface area contributed by atoms with E-state index in [1.807, 2.05) is 4.68 Å². The second kappa shape index (κ2) is 5.17. The van der Waals surface area contributed by atoms with Crippen LogP contribution in [0.2, 0.25) is 0 Å². The predicted molar refractivity (Wildman–Crippen MR) is 68.8 cm³/mol. The number of aromatic nitrogens is 3. The van der Waals surface area contributed by atoms with E-state index in [9.17, 15) is 0 Å². The van der Waals surface area contributed by atoms with Gasteiger partial charge in [-0.1, -0.05) is 20.8 Å². The first-order chi connectivity index (χ1) is 8.11. The van der Waals surface area contributed by atoms with Crippen LogP contribution in [0.25, 0.3) is 0 Å². The van der Waals surface area contributed by atoms with E-state index in [0.29, 0.717) is 0 Å². The van der Waals surface area contributed by atoms with Crippen molar-refractivity contribution in [3.8, 4) is 0 Å². The van der Waals surface area contributed by atoms with E-state index in [0.717, 1.165) is 37.8 Å². The second-order valence-corrected chi connectivity index (χ2v) is 5.90. The maximum absolute atomic E-state index is 4.39. The maximum Gasteiger partial charge on any atom is 0.138 e. The number of aryl methyl sites for hydroxylation is 1. The molecule has 1 aromatic heterocycles. The Balaban J connectivity index is 1.90. The van der Waals surface area contributed by atoms with Crippen molar-refractivity contribution in [2.45, 2.75) is 59.0 Å². The van der Waals surface area contributed by atoms with Crippen LogP contribution >= 0.6 is 0 Å². The topological polar surface area (TPSA) is 42.7 Å². The number of hydrogen-bond acceptors (Lipinski definition) is 3. The molecule has 2 rings (SSSR count). The Morgan fingerprint density at radius 2 is 2.24 bits per heavy atom. The molecule has 1 saturated carbocycles. The predicted octanol–water partition coefficient (Wildman–Crippen LogP) is 2.01. The SMILES string of the molecule is CCCn1ncnc1CC(C)(C)CNC1CC1. The number of nitrogens with zero attached hydrogens (tertiary/aromatic N) is 3. The lowest BCUT2D eigenvalue weighted by Crippen LogP contribution is -2.33. The van der Waals surface area contributed by atoms with E-state index in [2.05, 4.69) is 36.2 Å². The summed E-state index contributed by atoms with van der Waals surface area (Å²) in [6.07, 6.45) is 6.48. The van der Waals surface area contributed by atoms with Crippen molar-refractivity contribution in [3.05, 3.63) is 12.2 Å². The Bertz CT molecular complexity index is 352. The highest BCUT2D eigenvalue weighted by atomic mass is 15.3. The zero-order valence-electron chi connectivity index (χ0n) is 11.2. The normalized spacial score (nSPS) is 16.4. The Morgan fingerprint density at radius 3 is 2.88 bits per heavy atom. The van der Waals surface area contributed by atoms with Crippen molar-refractivity contribution in [2.75, 3.05) is 6.54 Å². The first-order valence-electron chi connectivity index (χ1n) is 6.71. The lowest BCUT2D eigenvalue weighted by Gasteiger charge is -2.24. The summed E-state index contributed by atoms with van der Waals surface area (Å²) in [5.74, 6) is 1.12. The van der Waals surface area contributed by atoms with Gasteiger partial charge in [0.05, 0.1) is 0 Å². The van der Waals surface area contributed by atoms with Gasteiger partial charge in [0.2, 0.25) is 0 Å². The van der Waals surface area contributed by atoms with Gasteiger partial charge in [-0.05, 0) is 24.7 Å². The van der Waals surface area contributed by atoms with Gasteiger partial charge < -0.3 is 5.32 Å². The fourth-order valence-corrected chi connectivity index (χ4v) is 2.02. The van der Waals surface area contributed by atoms with Crippen LogP contribution in [-0.2, 0) is 13.0 Å². The highest BCUT2D eigenvalue weighted by Crippen LogP contribution is 2.24. The third-order valence-electron chi connectivity index (χ3n) is 3.21. The van der Waals surface area contributed by atoms with E-state index >= 15 is 0 Å². The summed E-state index contributed by atoms with van der Waals surface area (Å²) in [5.41, 5.74) is 0.251. The number of rotatable bonds is 7. The molecular formula is C13H24N4. The monoisotopic (exact) mass is 236 g/mol. The zero-order chi connectivity index (χ0) is 12.3. The molecule has 4 heteroatoms. The second-order valence-electron chi connectivity index (χ2n) is 5.90. The highest BCUT2D eigenvalue weighted by molar-refractivity contribution is 4.93. The van der Waals surface area contributed by atoms with Crippen LogP contribution < -0.4 is 5.32 Å². The van der Waals surface area contributed by atoms with Crippen molar-refractivity contribution < 1.29 is 0 Å². The molecule has 1 aliphatic carbocycles. The van der Waals surface area contributed by atoms with Crippen LogP contribution in [0.15, 0.2) is 6.33 Å². The smallest absolute Gasteiger partial charge is 0.138 e.